The summed E-state index contributed by atoms with van der Waals surface area (Å²) in [5.41, 5.74) is 0. The Kier molecular flexibility index (Phi) is 3.28. The zero-order chi connectivity index (χ0) is 13.1. The van der Waals surface area contributed by atoms with E-state index in [9.17, 15) is 9.59 Å². The highest BCUT2D eigenvalue weighted by Gasteiger charge is 2.09. The molecule has 0 saturated carbocycles. The molecule has 92 valence electrons. The topological polar surface area (TPSA) is 52.6 Å². The maximum Gasteiger partial charge on any atom is 0.308 e. The van der Waals surface area contributed by atoms with Gasteiger partial charge in [0.2, 0.25) is 0 Å². The molecule has 18 heavy (non-hydrogen) atoms. The van der Waals surface area contributed by atoms with E-state index in [1.54, 1.807) is 6.07 Å². The van der Waals surface area contributed by atoms with Gasteiger partial charge in [0.1, 0.15) is 11.5 Å². The molecule has 0 aliphatic carbocycles. The van der Waals surface area contributed by atoms with Gasteiger partial charge in [0.05, 0.1) is 0 Å². The second-order valence-electron chi connectivity index (χ2n) is 3.83. The van der Waals surface area contributed by atoms with Gasteiger partial charge < -0.3 is 9.47 Å². The van der Waals surface area contributed by atoms with Crippen molar-refractivity contribution in [1.29, 1.82) is 0 Å². The molecule has 0 atom stereocenters. The quantitative estimate of drug-likeness (QED) is 0.602. The van der Waals surface area contributed by atoms with Gasteiger partial charge in [-0.1, -0.05) is 24.3 Å². The van der Waals surface area contributed by atoms with Gasteiger partial charge in [-0.3, -0.25) is 9.59 Å². The Morgan fingerprint density at radius 2 is 1.61 bits per heavy atom. The Hall–Kier alpha value is -2.36. The number of hydrogen-bond donors (Lipinski definition) is 0. The van der Waals surface area contributed by atoms with E-state index in [1.807, 2.05) is 24.3 Å². The summed E-state index contributed by atoms with van der Waals surface area (Å²) in [6, 6.07) is 10.7. The first-order valence-electron chi connectivity index (χ1n) is 5.46. The first kappa shape index (κ1) is 12.1. The maximum absolute atomic E-state index is 11.1. The van der Waals surface area contributed by atoms with Crippen LogP contribution < -0.4 is 9.47 Å². The molecular formula is C14H12O4. The van der Waals surface area contributed by atoms with E-state index in [0.29, 0.717) is 11.5 Å². The van der Waals surface area contributed by atoms with Crippen molar-refractivity contribution in [3.63, 3.8) is 0 Å². The highest BCUT2D eigenvalue weighted by Crippen LogP contribution is 2.31. The van der Waals surface area contributed by atoms with E-state index in [4.69, 9.17) is 9.47 Å². The van der Waals surface area contributed by atoms with E-state index in [-0.39, 0.29) is 0 Å². The number of carbonyl (C=O) groups excluding carboxylic acids is 2. The van der Waals surface area contributed by atoms with Crippen LogP contribution in [-0.4, -0.2) is 11.9 Å². The molecular weight excluding hydrogens is 232 g/mol. The SMILES string of the molecule is CC(=O)Oc1cc(OC(C)=O)c2ccccc2c1. The number of rotatable bonds is 2. The van der Waals surface area contributed by atoms with E-state index in [0.717, 1.165) is 10.8 Å². The molecule has 0 N–H and O–H groups in total. The summed E-state index contributed by atoms with van der Waals surface area (Å²) in [7, 11) is 0. The molecule has 2 aromatic rings. The molecule has 0 aliphatic rings. The standard InChI is InChI=1S/C14H12O4/c1-9(15)17-12-7-11-5-3-4-6-13(11)14(8-12)18-10(2)16/h3-8H,1-2H3. The predicted molar refractivity (Wildman–Crippen MR) is 66.6 cm³/mol. The molecule has 0 aliphatic heterocycles. The Labute approximate surface area is 104 Å². The lowest BCUT2D eigenvalue weighted by Crippen LogP contribution is -2.04. The van der Waals surface area contributed by atoms with Gasteiger partial charge in [0.15, 0.2) is 0 Å². The van der Waals surface area contributed by atoms with Crippen molar-refractivity contribution in [3.8, 4) is 11.5 Å². The predicted octanol–water partition coefficient (Wildman–Crippen LogP) is 2.69. The lowest BCUT2D eigenvalue weighted by Gasteiger charge is -2.09. The van der Waals surface area contributed by atoms with E-state index < -0.39 is 11.9 Å². The fraction of sp³-hybridized carbons (Fsp3) is 0.143. The van der Waals surface area contributed by atoms with Crippen LogP contribution in [0.15, 0.2) is 36.4 Å². The Morgan fingerprint density at radius 3 is 2.28 bits per heavy atom. The summed E-state index contributed by atoms with van der Waals surface area (Å²) in [6.45, 7) is 2.65. The van der Waals surface area contributed by atoms with Crippen LogP contribution in [0.1, 0.15) is 13.8 Å². The highest BCUT2D eigenvalue weighted by molar-refractivity contribution is 5.92. The molecule has 0 heterocycles. The third-order valence-corrected chi connectivity index (χ3v) is 2.31. The molecule has 2 aromatic carbocycles. The average molecular weight is 244 g/mol. The highest BCUT2D eigenvalue weighted by atomic mass is 16.5. The zero-order valence-electron chi connectivity index (χ0n) is 10.1. The van der Waals surface area contributed by atoms with Crippen LogP contribution in [0, 0.1) is 0 Å². The van der Waals surface area contributed by atoms with Gasteiger partial charge >= 0.3 is 11.9 Å². The molecule has 0 amide bonds. The number of benzene rings is 2. The van der Waals surface area contributed by atoms with Crippen LogP contribution in [0.4, 0.5) is 0 Å². The summed E-state index contributed by atoms with van der Waals surface area (Å²) in [4.78, 5) is 22.0. The second-order valence-corrected chi connectivity index (χ2v) is 3.83. The van der Waals surface area contributed by atoms with Crippen molar-refractivity contribution >= 4 is 22.7 Å². The van der Waals surface area contributed by atoms with Gasteiger partial charge in [0.25, 0.3) is 0 Å². The van der Waals surface area contributed by atoms with E-state index in [2.05, 4.69) is 0 Å². The van der Waals surface area contributed by atoms with Crippen LogP contribution in [0.25, 0.3) is 10.8 Å². The first-order chi connectivity index (χ1) is 8.56. The Balaban J connectivity index is 2.56. The molecule has 0 unspecified atom stereocenters. The number of ether oxygens (including phenoxy) is 2. The fourth-order valence-electron chi connectivity index (χ4n) is 1.71. The zero-order valence-corrected chi connectivity index (χ0v) is 10.1. The Bertz CT molecular complexity index is 616. The molecule has 0 aromatic heterocycles. The van der Waals surface area contributed by atoms with Crippen molar-refractivity contribution in [2.75, 3.05) is 0 Å². The van der Waals surface area contributed by atoms with Crippen molar-refractivity contribution in [2.45, 2.75) is 13.8 Å². The van der Waals surface area contributed by atoms with Crippen LogP contribution in [0.3, 0.4) is 0 Å². The summed E-state index contributed by atoms with van der Waals surface area (Å²) in [5, 5.41) is 1.64. The summed E-state index contributed by atoms with van der Waals surface area (Å²) in [6.07, 6.45) is 0. The lowest BCUT2D eigenvalue weighted by molar-refractivity contribution is -0.132. The lowest BCUT2D eigenvalue weighted by atomic mass is 10.1. The molecule has 0 bridgehead atoms. The minimum atomic E-state index is -0.418. The van der Waals surface area contributed by atoms with Crippen molar-refractivity contribution < 1.29 is 19.1 Å². The minimum Gasteiger partial charge on any atom is -0.427 e. The fourth-order valence-corrected chi connectivity index (χ4v) is 1.71. The van der Waals surface area contributed by atoms with Crippen molar-refractivity contribution in [3.05, 3.63) is 36.4 Å². The third-order valence-electron chi connectivity index (χ3n) is 2.31. The molecule has 0 fully saturated rings. The van der Waals surface area contributed by atoms with E-state index >= 15 is 0 Å². The summed E-state index contributed by atoms with van der Waals surface area (Å²) in [5.74, 6) is -0.0894. The van der Waals surface area contributed by atoms with Gasteiger partial charge in [-0.25, -0.2) is 0 Å². The third kappa shape index (κ3) is 2.66. The van der Waals surface area contributed by atoms with Crippen LogP contribution in [-0.2, 0) is 9.59 Å². The molecule has 0 radical (unpaired) electrons. The van der Waals surface area contributed by atoms with Gasteiger partial charge in [-0.15, -0.1) is 0 Å². The number of esters is 2. The second kappa shape index (κ2) is 4.87. The molecule has 0 spiro atoms. The van der Waals surface area contributed by atoms with Crippen molar-refractivity contribution in [1.82, 2.24) is 0 Å². The summed E-state index contributed by atoms with van der Waals surface area (Å²) < 4.78 is 10.1. The van der Waals surface area contributed by atoms with Gasteiger partial charge in [-0.2, -0.15) is 0 Å². The normalized spacial score (nSPS) is 10.1. The molecule has 4 nitrogen and oxygen atoms in total. The number of fused-ring (bicyclic) bond motifs is 1. The smallest absolute Gasteiger partial charge is 0.308 e. The average Bonchev–Trinajstić information content (AvgIpc) is 2.27. The number of hydrogen-bond acceptors (Lipinski definition) is 4. The van der Waals surface area contributed by atoms with Crippen LogP contribution >= 0.6 is 0 Å². The van der Waals surface area contributed by atoms with Crippen LogP contribution in [0.5, 0.6) is 11.5 Å². The van der Waals surface area contributed by atoms with Crippen LogP contribution in [0.2, 0.25) is 0 Å². The summed E-state index contributed by atoms with van der Waals surface area (Å²) >= 11 is 0. The van der Waals surface area contributed by atoms with Gasteiger partial charge in [-0.05, 0) is 11.5 Å². The minimum absolute atomic E-state index is 0.359. The molecule has 2 rings (SSSR count). The van der Waals surface area contributed by atoms with Gasteiger partial charge in [0, 0.05) is 25.3 Å². The molecule has 4 heteroatoms. The maximum atomic E-state index is 11.1. The molecule has 0 saturated heterocycles. The monoisotopic (exact) mass is 244 g/mol. The van der Waals surface area contributed by atoms with E-state index in [1.165, 1.54) is 19.9 Å². The largest absolute Gasteiger partial charge is 0.427 e. The van der Waals surface area contributed by atoms with Crippen molar-refractivity contribution in [2.24, 2.45) is 0 Å². The first-order valence-corrected chi connectivity index (χ1v) is 5.46. The number of carbonyl (C=O) groups is 2. The Morgan fingerprint density at radius 1 is 0.944 bits per heavy atom.